The maximum atomic E-state index is 14.9. The molecule has 77 heavy (non-hydrogen) atoms. The number of hydrogen-bond acceptors (Lipinski definition) is 16. The second kappa shape index (κ2) is 24.1. The molecule has 2 saturated heterocycles. The second-order valence-corrected chi connectivity index (χ2v) is 21.9. The highest BCUT2D eigenvalue weighted by atomic mass is 19.1. The van der Waals surface area contributed by atoms with Crippen LogP contribution >= 0.6 is 0 Å². The second-order valence-electron chi connectivity index (χ2n) is 21.9. The Bertz CT molecular complexity index is 2940. The number of ether oxygens (including phenoxy) is 3. The van der Waals surface area contributed by atoms with Crippen molar-refractivity contribution in [2.75, 3.05) is 63.1 Å². The van der Waals surface area contributed by atoms with Crippen molar-refractivity contribution in [1.29, 1.82) is 0 Å². The first-order chi connectivity index (χ1) is 36.5. The molecule has 6 aliphatic heterocycles. The van der Waals surface area contributed by atoms with Crippen molar-refractivity contribution >= 4 is 45.7 Å². The van der Waals surface area contributed by atoms with Gasteiger partial charge < -0.3 is 59.8 Å². The molecule has 1 spiro atoms. The zero-order valence-corrected chi connectivity index (χ0v) is 46.0. The van der Waals surface area contributed by atoms with Crippen molar-refractivity contribution in [3.05, 3.63) is 88.1 Å². The van der Waals surface area contributed by atoms with Crippen LogP contribution in [-0.4, -0.2) is 142 Å². The molecule has 418 valence electrons. The van der Waals surface area contributed by atoms with E-state index < -0.39 is 89.2 Å². The molecule has 5 bridgehead atoms. The number of hydrogen-bond donors (Lipinski definition) is 6. The largest absolute Gasteiger partial charge is 0.507 e. The maximum absolute atomic E-state index is 14.9. The quantitative estimate of drug-likeness (QED) is 0.0946. The van der Waals surface area contributed by atoms with Gasteiger partial charge in [-0.05, 0) is 68.9 Å². The third-order valence-electron chi connectivity index (χ3n) is 15.8. The molecule has 6 N–H and O–H groups in total. The highest BCUT2D eigenvalue weighted by Crippen LogP contribution is 2.50. The van der Waals surface area contributed by atoms with E-state index in [4.69, 9.17) is 29.3 Å². The number of aromatic hydroxyl groups is 2. The van der Waals surface area contributed by atoms with Crippen LogP contribution in [0.2, 0.25) is 0 Å². The van der Waals surface area contributed by atoms with E-state index in [1.807, 2.05) is 6.92 Å². The summed E-state index contributed by atoms with van der Waals surface area (Å²) >= 11 is 0. The van der Waals surface area contributed by atoms with Gasteiger partial charge >= 0.3 is 11.8 Å². The highest BCUT2D eigenvalue weighted by molar-refractivity contribution is 6.19. The van der Waals surface area contributed by atoms with Crippen LogP contribution < -0.4 is 25.7 Å². The lowest BCUT2D eigenvalue weighted by Gasteiger charge is -2.36. The van der Waals surface area contributed by atoms with Gasteiger partial charge in [-0.25, -0.2) is 4.39 Å². The number of likely N-dealkylation sites (tertiary alicyclic amines) is 1. The number of aliphatic hydroxyl groups excluding tert-OH is 3. The van der Waals surface area contributed by atoms with Crippen LogP contribution in [0, 0.1) is 42.3 Å². The molecule has 0 radical (unpaired) electrons. The van der Waals surface area contributed by atoms with Gasteiger partial charge in [0.05, 0.1) is 34.8 Å². The van der Waals surface area contributed by atoms with Gasteiger partial charge in [-0.1, -0.05) is 59.8 Å². The summed E-state index contributed by atoms with van der Waals surface area (Å²) in [5, 5.41) is 57.9. The number of esters is 1. The van der Waals surface area contributed by atoms with Gasteiger partial charge in [-0.15, -0.1) is 0 Å². The summed E-state index contributed by atoms with van der Waals surface area (Å²) in [6, 6.07) is 6.18. The normalized spacial score (nSPS) is 28.5. The number of piperidine rings is 1. The van der Waals surface area contributed by atoms with E-state index in [-0.39, 0.29) is 67.6 Å². The van der Waals surface area contributed by atoms with E-state index in [1.54, 1.807) is 76.0 Å². The molecule has 6 heterocycles. The molecule has 0 aromatic heterocycles. The molecule has 4 unspecified atom stereocenters. The van der Waals surface area contributed by atoms with E-state index in [0.29, 0.717) is 64.4 Å². The fourth-order valence-electron chi connectivity index (χ4n) is 11.2. The monoisotopic (exact) mass is 1070 g/mol. The molecule has 2 fully saturated rings. The average molecular weight is 1070 g/mol. The molecule has 8 atom stereocenters. The van der Waals surface area contributed by atoms with Crippen LogP contribution in [0.5, 0.6) is 17.2 Å². The van der Waals surface area contributed by atoms with E-state index in [1.165, 1.54) is 25.3 Å². The number of ketones is 1. The number of aliphatic hydroxyl groups is 3. The molecule has 9 rings (SSSR count). The van der Waals surface area contributed by atoms with E-state index in [0.717, 1.165) is 19.3 Å². The minimum absolute atomic E-state index is 0.0260. The first-order valence-corrected chi connectivity index (χ1v) is 26.8. The summed E-state index contributed by atoms with van der Waals surface area (Å²) in [6.07, 6.45) is 5.88. The van der Waals surface area contributed by atoms with Crippen LogP contribution in [0.25, 0.3) is 10.8 Å². The minimum atomic E-state index is -1.97. The summed E-state index contributed by atoms with van der Waals surface area (Å²) in [5.74, 6) is -7.68. The minimum Gasteiger partial charge on any atom is -0.507 e. The average Bonchev–Trinajstić information content (AvgIpc) is 3.96. The Kier molecular flexibility index (Phi) is 18.2. The number of carbonyl (C=O) groups excluding carboxylic acids is 4. The standard InChI is InChI=1S/C57H73FN6O11.CH4O/c1-31(2)30-62-24-20-57(21-25-62)60-45-42-43-50(69)37(8)53-44(42)54(71)56(9,75-53)73-28-11-15-33(4)52(74-41(66)29-40(65)64-23-12-22-63(26-27-64)39-18-16-38(58)17-19-39)36(7)49(68)35(6)48(67)32(3)13-10-14-34(5)55(72)59-47(51(43)70)46(45)61-57;1-2/h10-11,13-14,16-19,28,31-33,35-36,48-49,52,67-70H,12,15,20-27,29-30H2,1-9H3,(H,59,72);2H,1H3/b13-10+,28-11+,34-14-;/t32?,33-,35-,36-,48+,49?,52?,56?;/m1./s1. The van der Waals surface area contributed by atoms with Gasteiger partial charge in [-0.2, -0.15) is 0 Å². The number of phenols is 2. The molecule has 0 aliphatic carbocycles. The molecule has 18 nitrogen and oxygen atoms in total. The molecule has 19 heteroatoms. The van der Waals surface area contributed by atoms with Gasteiger partial charge in [0.15, 0.2) is 11.4 Å². The van der Waals surface area contributed by atoms with E-state index in [2.05, 4.69) is 29.0 Å². The number of fused-ring (bicyclic) bond motifs is 13. The van der Waals surface area contributed by atoms with Gasteiger partial charge in [0.1, 0.15) is 40.9 Å². The predicted octanol–water partition coefficient (Wildman–Crippen LogP) is 5.98. The Morgan fingerprint density at radius 2 is 1.57 bits per heavy atom. The van der Waals surface area contributed by atoms with Crippen molar-refractivity contribution in [3.63, 3.8) is 0 Å². The van der Waals surface area contributed by atoms with Crippen molar-refractivity contribution in [3.8, 4) is 17.2 Å². The Hall–Kier alpha value is -6.41. The summed E-state index contributed by atoms with van der Waals surface area (Å²) in [7, 11) is 1.00. The first kappa shape index (κ1) is 58.3. The smallest absolute Gasteiger partial charge is 0.315 e. The highest BCUT2D eigenvalue weighted by Gasteiger charge is 2.50. The van der Waals surface area contributed by atoms with Crippen molar-refractivity contribution in [2.24, 2.45) is 39.6 Å². The molecular formula is C58H77FN6O12. The van der Waals surface area contributed by atoms with E-state index >= 15 is 0 Å². The number of anilines is 2. The zero-order valence-electron chi connectivity index (χ0n) is 46.0. The summed E-state index contributed by atoms with van der Waals surface area (Å²) in [6.45, 7) is 20.0. The molecule has 0 saturated carbocycles. The Labute approximate surface area is 449 Å². The summed E-state index contributed by atoms with van der Waals surface area (Å²) < 4.78 is 32.2. The fraction of sp³-hybridized carbons (Fsp3) is 0.552. The van der Waals surface area contributed by atoms with Crippen molar-refractivity contribution < 1.29 is 63.3 Å². The number of Topliss-reactive ketones (excluding diaryl/α,β-unsaturated/α-hetero) is 1. The van der Waals surface area contributed by atoms with Crippen LogP contribution in [0.3, 0.4) is 0 Å². The fourth-order valence-corrected chi connectivity index (χ4v) is 11.2. The third kappa shape index (κ3) is 12.2. The SMILES string of the molecule is C/C1=C/C=C/C(C)[C@H](O)[C@@H](C)C(O)[C@@H](C)C(OC(=O)CC(=O)N2CCCN(c3ccc(F)cc3)CC2)[C@H](C)C/C=C/OC2(C)Oc3c(C)c(O)c4c(O)c(c5c(c4c3C2=O)=NC2(CCN(CC(C)C)CC2)N=5)NC1=O.CO. The van der Waals surface area contributed by atoms with E-state index in [9.17, 15) is 44.0 Å². The molecule has 2 amide bonds. The van der Waals surface area contributed by atoms with Crippen LogP contribution in [0.15, 0.2) is 70.4 Å². The van der Waals surface area contributed by atoms with Crippen LogP contribution in [-0.2, 0) is 23.9 Å². The lowest BCUT2D eigenvalue weighted by atomic mass is 9.79. The first-order valence-electron chi connectivity index (χ1n) is 26.8. The van der Waals surface area contributed by atoms with Crippen LogP contribution in [0.1, 0.15) is 103 Å². The number of halogens is 1. The Morgan fingerprint density at radius 3 is 2.25 bits per heavy atom. The number of allylic oxidation sites excluding steroid dienone is 3. The van der Waals surface area contributed by atoms with Crippen molar-refractivity contribution in [2.45, 2.75) is 124 Å². The number of benzene rings is 3. The zero-order chi connectivity index (χ0) is 56.3. The number of amides is 2. The van der Waals surface area contributed by atoms with Gasteiger partial charge in [0.25, 0.3) is 11.7 Å². The number of rotatable bonds is 6. The summed E-state index contributed by atoms with van der Waals surface area (Å²) in [5.41, 5.74) is 0.181. The van der Waals surface area contributed by atoms with Gasteiger partial charge in [0, 0.05) is 113 Å². The molecule has 3 aromatic carbocycles. The third-order valence-corrected chi connectivity index (χ3v) is 15.8. The van der Waals surface area contributed by atoms with Gasteiger partial charge in [0.2, 0.25) is 5.91 Å². The lowest BCUT2D eigenvalue weighted by molar-refractivity contribution is -0.162. The molecule has 3 aromatic rings. The van der Waals surface area contributed by atoms with Crippen molar-refractivity contribution in [1.82, 2.24) is 9.80 Å². The van der Waals surface area contributed by atoms with Crippen LogP contribution in [0.4, 0.5) is 15.8 Å². The maximum Gasteiger partial charge on any atom is 0.315 e. The Balaban J connectivity index is 0.00000426. The predicted molar refractivity (Wildman–Crippen MR) is 288 cm³/mol. The molecule has 6 aliphatic rings. The number of carbonyl (C=O) groups is 4. The van der Waals surface area contributed by atoms with Gasteiger partial charge in [-0.3, -0.25) is 29.2 Å². The number of phenolic OH excluding ortho intramolecular Hbond substituents is 2. The number of nitrogens with one attached hydrogen (secondary N) is 1. The lowest BCUT2D eigenvalue weighted by Crippen LogP contribution is -2.45. The topological polar surface area (TPSA) is 244 Å². The number of nitrogens with zero attached hydrogens (tertiary/aromatic N) is 5. The molecular weight excluding hydrogens is 992 g/mol. The Morgan fingerprint density at radius 1 is 0.896 bits per heavy atom. The summed E-state index contributed by atoms with van der Waals surface area (Å²) in [4.78, 5) is 72.8.